The fourth-order valence-corrected chi connectivity index (χ4v) is 6.15. The van der Waals surface area contributed by atoms with Crippen LogP contribution in [0.15, 0.2) is 73.3 Å². The van der Waals surface area contributed by atoms with Crippen LogP contribution in [0.2, 0.25) is 0 Å². The average Bonchev–Trinajstić information content (AvgIpc) is 3.08. The number of carbonyl (C=O) groups excluding carboxylic acids is 5. The number of hydrogen-bond donors (Lipinski definition) is 0. The molecule has 2 aromatic carbocycles. The number of carbonyl (C=O) groups is 5. The minimum absolute atomic E-state index is 0.0694. The van der Waals surface area contributed by atoms with E-state index in [0.717, 1.165) is 20.3 Å². The lowest BCUT2D eigenvalue weighted by Crippen LogP contribution is -2.47. The predicted molar refractivity (Wildman–Crippen MR) is 192 cm³/mol. The molecule has 49 heavy (non-hydrogen) atoms. The van der Waals surface area contributed by atoms with E-state index in [9.17, 15) is 24.0 Å². The van der Waals surface area contributed by atoms with E-state index in [1.54, 1.807) is 45.9 Å². The molecule has 0 heterocycles. The third-order valence-corrected chi connectivity index (χ3v) is 8.98. The highest BCUT2D eigenvalue weighted by molar-refractivity contribution is 14.1. The number of benzene rings is 2. The Morgan fingerprint density at radius 1 is 0.816 bits per heavy atom. The molecular formula is C38H47IO10. The zero-order valence-corrected chi connectivity index (χ0v) is 31.1. The molecule has 0 saturated carbocycles. The molecule has 0 aliphatic heterocycles. The van der Waals surface area contributed by atoms with E-state index in [0.29, 0.717) is 12.8 Å². The van der Waals surface area contributed by atoms with E-state index in [-0.39, 0.29) is 51.8 Å². The average molecular weight is 791 g/mol. The number of allylic oxidation sites excluding steroid dienone is 2. The van der Waals surface area contributed by atoms with Crippen LogP contribution < -0.4 is 0 Å². The van der Waals surface area contributed by atoms with Gasteiger partial charge in [0.15, 0.2) is 10.8 Å². The van der Waals surface area contributed by atoms with Gasteiger partial charge in [-0.05, 0) is 92.3 Å². The van der Waals surface area contributed by atoms with Crippen molar-refractivity contribution in [2.24, 2.45) is 10.8 Å². The standard InChI is InChI=1S/C20H25IO6.C18H22O4/c1-4-25-18(23)20(19(24)26-5-2,12-8-9-13-27-15(3)22)14-16-10-6-7-11-17(16)21;1-4-13-11-18(16(19)21-5-2,17(20)22-6-3)12-14-9-7-8-10-15(13)14/h6-11H,4-5,12-14H2,1-3H3;4,7-10,13H,1,5-6,11-12H2,2-3H3/b9-8-;. The van der Waals surface area contributed by atoms with E-state index in [1.165, 1.54) is 6.92 Å². The van der Waals surface area contributed by atoms with Gasteiger partial charge in [-0.2, -0.15) is 0 Å². The topological polar surface area (TPSA) is 132 Å². The fraction of sp³-hybridized carbons (Fsp3) is 0.447. The summed E-state index contributed by atoms with van der Waals surface area (Å²) in [7, 11) is 0. The first-order valence-electron chi connectivity index (χ1n) is 16.4. The van der Waals surface area contributed by atoms with Gasteiger partial charge in [0.2, 0.25) is 0 Å². The molecule has 0 spiro atoms. The number of hydrogen-bond acceptors (Lipinski definition) is 10. The van der Waals surface area contributed by atoms with Crippen LogP contribution in [-0.2, 0) is 60.5 Å². The highest BCUT2D eigenvalue weighted by Crippen LogP contribution is 2.44. The van der Waals surface area contributed by atoms with Crippen LogP contribution in [0.5, 0.6) is 0 Å². The van der Waals surface area contributed by atoms with Crippen molar-refractivity contribution in [3.63, 3.8) is 0 Å². The summed E-state index contributed by atoms with van der Waals surface area (Å²) in [5.41, 5.74) is 0.160. The molecule has 2 aromatic rings. The molecule has 10 nitrogen and oxygen atoms in total. The van der Waals surface area contributed by atoms with Crippen LogP contribution in [0.1, 0.15) is 70.1 Å². The number of fused-ring (bicyclic) bond motifs is 1. The molecular weight excluding hydrogens is 743 g/mol. The molecule has 0 N–H and O–H groups in total. The van der Waals surface area contributed by atoms with Gasteiger partial charge in [0, 0.05) is 22.8 Å². The molecule has 0 fully saturated rings. The number of halogens is 1. The number of ether oxygens (including phenoxy) is 5. The largest absolute Gasteiger partial charge is 0.465 e. The van der Waals surface area contributed by atoms with E-state index in [1.807, 2.05) is 48.5 Å². The van der Waals surface area contributed by atoms with Gasteiger partial charge >= 0.3 is 29.8 Å². The van der Waals surface area contributed by atoms with E-state index in [4.69, 9.17) is 23.7 Å². The van der Waals surface area contributed by atoms with Crippen LogP contribution in [0.25, 0.3) is 0 Å². The molecule has 3 rings (SSSR count). The van der Waals surface area contributed by atoms with Gasteiger partial charge in [-0.1, -0.05) is 60.7 Å². The molecule has 0 saturated heterocycles. The van der Waals surface area contributed by atoms with Crippen molar-refractivity contribution in [3.05, 3.63) is 93.6 Å². The zero-order valence-electron chi connectivity index (χ0n) is 29.0. The molecule has 0 radical (unpaired) electrons. The van der Waals surface area contributed by atoms with Gasteiger partial charge in [0.25, 0.3) is 0 Å². The van der Waals surface area contributed by atoms with Gasteiger partial charge < -0.3 is 23.7 Å². The maximum absolute atomic E-state index is 12.8. The maximum Gasteiger partial charge on any atom is 0.324 e. The Kier molecular flexibility index (Phi) is 17.2. The van der Waals surface area contributed by atoms with Gasteiger partial charge in [-0.3, -0.25) is 24.0 Å². The van der Waals surface area contributed by atoms with Crippen LogP contribution in [0.4, 0.5) is 0 Å². The monoisotopic (exact) mass is 790 g/mol. The van der Waals surface area contributed by atoms with E-state index in [2.05, 4.69) is 29.2 Å². The SMILES string of the molecule is C=CC1CC(C(=O)OCC)(C(=O)OCC)Cc2ccccc21.CCOC(=O)C(C/C=C\COC(C)=O)(Cc1ccccc1I)C(=O)OCC. The first-order chi connectivity index (χ1) is 23.5. The molecule has 1 aliphatic rings. The second-order valence-corrected chi connectivity index (χ2v) is 12.4. The van der Waals surface area contributed by atoms with Crippen LogP contribution in [-0.4, -0.2) is 62.9 Å². The quantitative estimate of drug-likeness (QED) is 0.0651. The Labute approximate surface area is 302 Å². The third-order valence-electron chi connectivity index (χ3n) is 7.93. The lowest BCUT2D eigenvalue weighted by Gasteiger charge is -2.37. The fourth-order valence-electron chi connectivity index (χ4n) is 5.57. The minimum atomic E-state index is -1.50. The van der Waals surface area contributed by atoms with Crippen molar-refractivity contribution in [2.75, 3.05) is 33.0 Å². The Bertz CT molecular complexity index is 1440. The lowest BCUT2D eigenvalue weighted by molar-refractivity contribution is -0.174. The molecule has 1 aliphatic carbocycles. The first-order valence-corrected chi connectivity index (χ1v) is 17.4. The van der Waals surface area contributed by atoms with Crippen LogP contribution in [0.3, 0.4) is 0 Å². The third kappa shape index (κ3) is 11.0. The van der Waals surface area contributed by atoms with E-state index < -0.39 is 40.7 Å². The second kappa shape index (κ2) is 20.5. The van der Waals surface area contributed by atoms with Crippen LogP contribution >= 0.6 is 22.6 Å². The van der Waals surface area contributed by atoms with Crippen molar-refractivity contribution in [1.29, 1.82) is 0 Å². The van der Waals surface area contributed by atoms with E-state index >= 15 is 0 Å². The highest BCUT2D eigenvalue weighted by atomic mass is 127. The first kappa shape index (κ1) is 41.2. The number of rotatable bonds is 15. The minimum Gasteiger partial charge on any atom is -0.465 e. The normalized spacial score (nSPS) is 14.7. The van der Waals surface area contributed by atoms with Crippen molar-refractivity contribution in [3.8, 4) is 0 Å². The summed E-state index contributed by atoms with van der Waals surface area (Å²) in [5.74, 6) is -2.73. The summed E-state index contributed by atoms with van der Waals surface area (Å²) < 4.78 is 26.6. The maximum atomic E-state index is 12.8. The molecule has 0 aromatic heterocycles. The smallest absolute Gasteiger partial charge is 0.324 e. The molecule has 0 bridgehead atoms. The second-order valence-electron chi connectivity index (χ2n) is 11.2. The van der Waals surface area contributed by atoms with Gasteiger partial charge in [0.1, 0.15) is 6.61 Å². The summed E-state index contributed by atoms with van der Waals surface area (Å²) in [4.78, 5) is 61.6. The van der Waals surface area contributed by atoms with Crippen LogP contribution in [0, 0.1) is 14.4 Å². The Hall–Kier alpha value is -4.00. The van der Waals surface area contributed by atoms with Crippen molar-refractivity contribution in [2.45, 2.75) is 66.2 Å². The van der Waals surface area contributed by atoms with Gasteiger partial charge in [-0.25, -0.2) is 0 Å². The zero-order chi connectivity index (χ0) is 36.5. The van der Waals surface area contributed by atoms with Crippen molar-refractivity contribution >= 4 is 52.4 Å². The highest BCUT2D eigenvalue weighted by Gasteiger charge is 2.53. The summed E-state index contributed by atoms with van der Waals surface area (Å²) in [5, 5.41) is 0. The molecule has 266 valence electrons. The van der Waals surface area contributed by atoms with Gasteiger partial charge in [0.05, 0.1) is 26.4 Å². The lowest BCUT2D eigenvalue weighted by atomic mass is 9.67. The predicted octanol–water partition coefficient (Wildman–Crippen LogP) is 6.47. The molecule has 0 amide bonds. The summed E-state index contributed by atoms with van der Waals surface area (Å²) in [6, 6.07) is 15.4. The Balaban J connectivity index is 0.000000347. The Morgan fingerprint density at radius 3 is 1.90 bits per heavy atom. The summed E-state index contributed by atoms with van der Waals surface area (Å²) in [6.07, 6.45) is 5.91. The Morgan fingerprint density at radius 2 is 1.37 bits per heavy atom. The molecule has 11 heteroatoms. The summed E-state index contributed by atoms with van der Waals surface area (Å²) >= 11 is 2.17. The molecule has 1 atom stereocenters. The summed E-state index contributed by atoms with van der Waals surface area (Å²) in [6.45, 7) is 12.9. The van der Waals surface area contributed by atoms with Gasteiger partial charge in [-0.15, -0.1) is 6.58 Å². The molecule has 1 unspecified atom stereocenters. The number of esters is 5. The van der Waals surface area contributed by atoms with Crippen molar-refractivity contribution in [1.82, 2.24) is 0 Å². The van der Waals surface area contributed by atoms with Crippen molar-refractivity contribution < 1.29 is 47.7 Å².